The first-order valence-corrected chi connectivity index (χ1v) is 15.4. The van der Waals surface area contributed by atoms with Gasteiger partial charge in [0.15, 0.2) is 15.4 Å². The van der Waals surface area contributed by atoms with Crippen molar-refractivity contribution < 1.29 is 32.5 Å². The highest BCUT2D eigenvalue weighted by Crippen LogP contribution is 2.29. The highest BCUT2D eigenvalue weighted by Gasteiger charge is 2.45. The van der Waals surface area contributed by atoms with Crippen molar-refractivity contribution in [2.45, 2.75) is 36.6 Å². The van der Waals surface area contributed by atoms with Gasteiger partial charge in [-0.3, -0.25) is 4.79 Å². The molecule has 10 heteroatoms. The normalized spacial score (nSPS) is 16.5. The summed E-state index contributed by atoms with van der Waals surface area (Å²) in [6.45, 7) is 3.13. The number of para-hydroxylation sites is 1. The van der Waals surface area contributed by atoms with Crippen LogP contribution in [-0.4, -0.2) is 69.6 Å². The third-order valence-corrected chi connectivity index (χ3v) is 8.43. The zero-order valence-electron chi connectivity index (χ0n) is 23.1. The van der Waals surface area contributed by atoms with E-state index in [-0.39, 0.29) is 36.2 Å². The SMILES string of the molecule is CCOc1ccccc1CCNC(=O)[C@@]1(CCS(=O)(=O)c2ccccc2)COC(c2ccc(OCCCO)cc2)=N1. The van der Waals surface area contributed by atoms with Gasteiger partial charge in [0.05, 0.1) is 23.9 Å². The maximum absolute atomic E-state index is 13.6. The summed E-state index contributed by atoms with van der Waals surface area (Å²) in [4.78, 5) is 18.5. The van der Waals surface area contributed by atoms with Gasteiger partial charge in [-0.25, -0.2) is 13.4 Å². The number of nitrogens with zero attached hydrogens (tertiary/aromatic N) is 1. The van der Waals surface area contributed by atoms with Crippen LogP contribution < -0.4 is 14.8 Å². The topological polar surface area (TPSA) is 124 Å². The Morgan fingerprint density at radius 2 is 1.76 bits per heavy atom. The van der Waals surface area contributed by atoms with E-state index in [1.807, 2.05) is 31.2 Å². The molecule has 1 aliphatic heterocycles. The fourth-order valence-electron chi connectivity index (χ4n) is 4.43. The number of hydrogen-bond donors (Lipinski definition) is 2. The molecular formula is C31H36N2O7S. The van der Waals surface area contributed by atoms with Crippen LogP contribution in [0.5, 0.6) is 11.5 Å². The maximum atomic E-state index is 13.6. The number of aliphatic imine (C=N–C) groups is 1. The number of amides is 1. The second-order valence-corrected chi connectivity index (χ2v) is 11.7. The molecule has 0 fully saturated rings. The summed E-state index contributed by atoms with van der Waals surface area (Å²) in [5, 5.41) is 11.9. The summed E-state index contributed by atoms with van der Waals surface area (Å²) >= 11 is 0. The number of nitrogens with one attached hydrogen (secondary N) is 1. The zero-order valence-corrected chi connectivity index (χ0v) is 23.9. The lowest BCUT2D eigenvalue weighted by Crippen LogP contribution is -2.48. The molecule has 2 N–H and O–H groups in total. The van der Waals surface area contributed by atoms with Crippen molar-refractivity contribution in [1.29, 1.82) is 0 Å². The van der Waals surface area contributed by atoms with E-state index in [2.05, 4.69) is 10.3 Å². The third-order valence-electron chi connectivity index (χ3n) is 6.70. The Morgan fingerprint density at radius 3 is 2.49 bits per heavy atom. The van der Waals surface area contributed by atoms with Crippen LogP contribution in [0.2, 0.25) is 0 Å². The minimum absolute atomic E-state index is 0.0442. The van der Waals surface area contributed by atoms with Crippen molar-refractivity contribution in [3.05, 3.63) is 90.0 Å². The molecule has 0 unspecified atom stereocenters. The van der Waals surface area contributed by atoms with Crippen LogP contribution in [0, 0.1) is 0 Å². The fraction of sp³-hybridized carbons (Fsp3) is 0.355. The molecule has 0 saturated carbocycles. The predicted molar refractivity (Wildman–Crippen MR) is 156 cm³/mol. The summed E-state index contributed by atoms with van der Waals surface area (Å²) in [6, 6.07) is 22.9. The lowest BCUT2D eigenvalue weighted by atomic mass is 9.97. The lowest BCUT2D eigenvalue weighted by molar-refractivity contribution is -0.126. The van der Waals surface area contributed by atoms with Crippen molar-refractivity contribution in [2.75, 3.05) is 38.7 Å². The zero-order chi connectivity index (χ0) is 29.1. The Bertz CT molecular complexity index is 1430. The number of carbonyl (C=O) groups excluding carboxylic acids is 1. The van der Waals surface area contributed by atoms with Crippen LogP contribution >= 0.6 is 0 Å². The molecule has 1 heterocycles. The molecule has 0 spiro atoms. The maximum Gasteiger partial charge on any atom is 0.251 e. The largest absolute Gasteiger partial charge is 0.494 e. The molecule has 0 saturated heterocycles. The minimum Gasteiger partial charge on any atom is -0.494 e. The van der Waals surface area contributed by atoms with E-state index in [0.717, 1.165) is 11.3 Å². The molecule has 4 rings (SSSR count). The number of aliphatic hydroxyl groups is 1. The van der Waals surface area contributed by atoms with Gasteiger partial charge in [0.25, 0.3) is 5.91 Å². The number of carbonyl (C=O) groups is 1. The average Bonchev–Trinajstić information content (AvgIpc) is 3.44. The Morgan fingerprint density at radius 1 is 1.02 bits per heavy atom. The number of benzene rings is 3. The molecule has 3 aromatic carbocycles. The minimum atomic E-state index is -3.65. The van der Waals surface area contributed by atoms with Gasteiger partial charge in [0, 0.05) is 25.1 Å². The van der Waals surface area contributed by atoms with E-state index in [9.17, 15) is 13.2 Å². The summed E-state index contributed by atoms with van der Waals surface area (Å²) in [6.07, 6.45) is 1.02. The molecule has 1 atom stereocenters. The molecule has 3 aromatic rings. The first-order chi connectivity index (χ1) is 19.9. The molecule has 0 radical (unpaired) electrons. The first kappa shape index (κ1) is 30.1. The van der Waals surface area contributed by atoms with E-state index in [1.54, 1.807) is 54.6 Å². The molecule has 9 nitrogen and oxygen atoms in total. The summed E-state index contributed by atoms with van der Waals surface area (Å²) < 4.78 is 43.3. The van der Waals surface area contributed by atoms with Gasteiger partial charge < -0.3 is 24.6 Å². The number of hydrogen-bond acceptors (Lipinski definition) is 8. The molecule has 0 aliphatic carbocycles. The summed E-state index contributed by atoms with van der Waals surface area (Å²) in [5.41, 5.74) is 0.196. The van der Waals surface area contributed by atoms with E-state index in [1.165, 1.54) is 0 Å². The molecule has 41 heavy (non-hydrogen) atoms. The van der Waals surface area contributed by atoms with Crippen molar-refractivity contribution in [3.8, 4) is 11.5 Å². The number of aliphatic hydroxyl groups excluding tert-OH is 1. The summed E-state index contributed by atoms with van der Waals surface area (Å²) in [5.74, 6) is 0.997. The Labute approximate surface area is 241 Å². The molecule has 1 aliphatic rings. The standard InChI is InChI=1S/C31H36N2O7S/c1-2-38-28-12-7-6-9-24(28)17-19-32-30(35)31(18-22-41(36,37)27-10-4-3-5-11-27)23-40-29(33-31)25-13-15-26(16-14-25)39-21-8-20-34/h3-7,9-16,34H,2,8,17-23H2,1H3,(H,32,35)/t31-/m1/s1. The Balaban J connectivity index is 1.52. The van der Waals surface area contributed by atoms with Crippen molar-refractivity contribution >= 4 is 21.6 Å². The fourth-order valence-corrected chi connectivity index (χ4v) is 5.85. The van der Waals surface area contributed by atoms with E-state index in [0.29, 0.717) is 43.9 Å². The third kappa shape index (κ3) is 7.86. The van der Waals surface area contributed by atoms with Gasteiger partial charge in [-0.1, -0.05) is 36.4 Å². The second kappa shape index (κ2) is 14.1. The number of sulfone groups is 1. The van der Waals surface area contributed by atoms with Crippen LogP contribution in [0.15, 0.2) is 88.8 Å². The van der Waals surface area contributed by atoms with Crippen LogP contribution in [0.25, 0.3) is 0 Å². The second-order valence-electron chi connectivity index (χ2n) is 9.62. The van der Waals surface area contributed by atoms with Crippen LogP contribution in [0.4, 0.5) is 0 Å². The van der Waals surface area contributed by atoms with Gasteiger partial charge in [-0.15, -0.1) is 0 Å². The van der Waals surface area contributed by atoms with Crippen LogP contribution in [0.1, 0.15) is 30.9 Å². The van der Waals surface area contributed by atoms with E-state index >= 15 is 0 Å². The monoisotopic (exact) mass is 580 g/mol. The highest BCUT2D eigenvalue weighted by atomic mass is 32.2. The molecule has 0 bridgehead atoms. The average molecular weight is 581 g/mol. The van der Waals surface area contributed by atoms with Crippen LogP contribution in [0.3, 0.4) is 0 Å². The van der Waals surface area contributed by atoms with Crippen molar-refractivity contribution in [2.24, 2.45) is 4.99 Å². The summed E-state index contributed by atoms with van der Waals surface area (Å²) in [7, 11) is -3.65. The molecule has 1 amide bonds. The molecule has 218 valence electrons. The van der Waals surface area contributed by atoms with Crippen molar-refractivity contribution in [3.63, 3.8) is 0 Å². The lowest BCUT2D eigenvalue weighted by Gasteiger charge is -2.23. The smallest absolute Gasteiger partial charge is 0.251 e. The Kier molecular flexibility index (Phi) is 10.4. The quantitative estimate of drug-likeness (QED) is 0.263. The van der Waals surface area contributed by atoms with E-state index in [4.69, 9.17) is 19.3 Å². The van der Waals surface area contributed by atoms with Gasteiger partial charge in [0.1, 0.15) is 18.1 Å². The van der Waals surface area contributed by atoms with Gasteiger partial charge >= 0.3 is 0 Å². The molecular weight excluding hydrogens is 544 g/mol. The number of rotatable bonds is 15. The van der Waals surface area contributed by atoms with Crippen LogP contribution in [-0.2, 0) is 25.8 Å². The van der Waals surface area contributed by atoms with Gasteiger partial charge in [-0.05, 0) is 67.8 Å². The molecule has 0 aromatic heterocycles. The van der Waals surface area contributed by atoms with Gasteiger partial charge in [0.2, 0.25) is 5.90 Å². The first-order valence-electron chi connectivity index (χ1n) is 13.7. The predicted octanol–water partition coefficient (Wildman–Crippen LogP) is 3.59. The van der Waals surface area contributed by atoms with Crippen molar-refractivity contribution in [1.82, 2.24) is 5.32 Å². The Hall–Kier alpha value is -3.89. The number of ether oxygens (including phenoxy) is 3. The van der Waals surface area contributed by atoms with Gasteiger partial charge in [-0.2, -0.15) is 0 Å². The highest BCUT2D eigenvalue weighted by molar-refractivity contribution is 7.91. The van der Waals surface area contributed by atoms with E-state index < -0.39 is 21.3 Å².